The molecule has 0 bridgehead atoms. The van der Waals surface area contributed by atoms with Crippen molar-refractivity contribution in [2.24, 2.45) is 16.7 Å². The largest absolute Gasteiger partial charge is 0.512 e. The van der Waals surface area contributed by atoms with E-state index in [9.17, 15) is 9.90 Å². The summed E-state index contributed by atoms with van der Waals surface area (Å²) in [6, 6.07) is 23.3. The molecule has 0 spiro atoms. The Morgan fingerprint density at radius 3 is 2.08 bits per heavy atom. The first-order valence-electron chi connectivity index (χ1n) is 18.3. The van der Waals surface area contributed by atoms with Gasteiger partial charge in [-0.25, -0.2) is 4.98 Å². The van der Waals surface area contributed by atoms with E-state index in [4.69, 9.17) is 0 Å². The molecule has 0 aliphatic rings. The number of carbonyl (C=O) groups is 1. The van der Waals surface area contributed by atoms with Crippen LogP contribution in [0, 0.1) is 22.8 Å². The summed E-state index contributed by atoms with van der Waals surface area (Å²) in [4.78, 5) is 21.5. The van der Waals surface area contributed by atoms with E-state index in [1.807, 2.05) is 41.5 Å². The van der Waals surface area contributed by atoms with Crippen molar-refractivity contribution in [1.82, 2.24) is 9.97 Å². The first kappa shape index (κ1) is 42.2. The Labute approximate surface area is 324 Å². The molecule has 275 valence electrons. The predicted molar refractivity (Wildman–Crippen MR) is 215 cm³/mol. The molecule has 0 saturated carbocycles. The number of fused-ring (bicyclic) bond motifs is 2. The van der Waals surface area contributed by atoms with Gasteiger partial charge in [0.2, 0.25) is 0 Å². The zero-order valence-electron chi connectivity index (χ0n) is 32.5. The van der Waals surface area contributed by atoms with Crippen molar-refractivity contribution in [2.75, 3.05) is 0 Å². The number of aliphatic hydroxyl groups is 1. The third kappa shape index (κ3) is 9.83. The Bertz CT molecular complexity index is 1960. The number of nitrogens with zero attached hydrogens (tertiary/aromatic N) is 2. The Balaban J connectivity index is 0.000000335. The smallest absolute Gasteiger partial charge is 0.164 e. The van der Waals surface area contributed by atoms with Crippen LogP contribution in [0.2, 0.25) is 0 Å². The molecule has 0 atom stereocenters. The zero-order chi connectivity index (χ0) is 36.9. The summed E-state index contributed by atoms with van der Waals surface area (Å²) >= 11 is 1.79. The number of hydrogen-bond acceptors (Lipinski definition) is 5. The second-order valence-electron chi connectivity index (χ2n) is 15.7. The van der Waals surface area contributed by atoms with Gasteiger partial charge in [-0.3, -0.25) is 9.78 Å². The second kappa shape index (κ2) is 17.6. The van der Waals surface area contributed by atoms with Gasteiger partial charge in [-0.2, -0.15) is 0 Å². The fraction of sp³-hybridized carbons (Fsp3) is 0.444. The molecule has 5 aromatic rings. The van der Waals surface area contributed by atoms with Crippen LogP contribution in [0.5, 0.6) is 0 Å². The molecule has 0 aliphatic heterocycles. The molecular formula is C45H57IrN2O2S-. The molecule has 4 nitrogen and oxygen atoms in total. The number of allylic oxidation sites excluding steroid dienone is 2. The summed E-state index contributed by atoms with van der Waals surface area (Å²) in [6.45, 7) is 23.4. The molecule has 2 heterocycles. The molecule has 0 amide bonds. The van der Waals surface area contributed by atoms with E-state index in [2.05, 4.69) is 111 Å². The van der Waals surface area contributed by atoms with Crippen molar-refractivity contribution in [3.63, 3.8) is 0 Å². The monoisotopic (exact) mass is 882 g/mol. The topological polar surface area (TPSA) is 63.1 Å². The van der Waals surface area contributed by atoms with Crippen molar-refractivity contribution >= 4 is 38.0 Å². The quantitative estimate of drug-likeness (QED) is 0.0815. The van der Waals surface area contributed by atoms with E-state index in [1.165, 1.54) is 32.7 Å². The van der Waals surface area contributed by atoms with Crippen LogP contribution in [0.3, 0.4) is 0 Å². The van der Waals surface area contributed by atoms with Crippen molar-refractivity contribution in [3.05, 3.63) is 95.3 Å². The molecule has 6 heteroatoms. The fourth-order valence-electron chi connectivity index (χ4n) is 6.24. The van der Waals surface area contributed by atoms with E-state index in [-0.39, 0.29) is 47.9 Å². The van der Waals surface area contributed by atoms with Crippen LogP contribution in [-0.4, -0.2) is 20.9 Å². The van der Waals surface area contributed by atoms with Crippen molar-refractivity contribution in [3.8, 4) is 22.5 Å². The summed E-state index contributed by atoms with van der Waals surface area (Å²) < 4.78 is 1.32. The molecule has 1 radical (unpaired) electrons. The van der Waals surface area contributed by atoms with Gasteiger partial charge in [0, 0.05) is 53.0 Å². The average Bonchev–Trinajstić information content (AvgIpc) is 3.59. The number of ketones is 1. The van der Waals surface area contributed by atoms with Crippen LogP contribution in [0.25, 0.3) is 43.4 Å². The number of aliphatic hydroxyl groups excluding tert-OH is 1. The molecule has 0 saturated heterocycles. The predicted octanol–water partition coefficient (Wildman–Crippen LogP) is 13.1. The summed E-state index contributed by atoms with van der Waals surface area (Å²) in [5, 5.41) is 16.1. The normalized spacial score (nSPS) is 12.5. The van der Waals surface area contributed by atoms with Gasteiger partial charge < -0.3 is 5.11 Å². The molecule has 2 aromatic heterocycles. The minimum absolute atomic E-state index is 0. The summed E-state index contributed by atoms with van der Waals surface area (Å²) in [6.07, 6.45) is 7.50. The van der Waals surface area contributed by atoms with Gasteiger partial charge in [0.15, 0.2) is 5.78 Å². The van der Waals surface area contributed by atoms with Crippen LogP contribution in [0.1, 0.15) is 113 Å². The second-order valence-corrected chi connectivity index (χ2v) is 16.6. The van der Waals surface area contributed by atoms with Crippen molar-refractivity contribution in [2.45, 2.75) is 114 Å². The number of thiophene rings is 1. The summed E-state index contributed by atoms with van der Waals surface area (Å²) in [7, 11) is 0. The van der Waals surface area contributed by atoms with Gasteiger partial charge in [-0.1, -0.05) is 105 Å². The maximum atomic E-state index is 12.2. The number of aromatic nitrogens is 2. The van der Waals surface area contributed by atoms with Gasteiger partial charge in [0.25, 0.3) is 0 Å². The van der Waals surface area contributed by atoms with E-state index < -0.39 is 0 Å². The van der Waals surface area contributed by atoms with Crippen LogP contribution in [-0.2, 0) is 36.7 Å². The first-order chi connectivity index (χ1) is 23.6. The van der Waals surface area contributed by atoms with Gasteiger partial charge >= 0.3 is 0 Å². The Morgan fingerprint density at radius 2 is 1.47 bits per heavy atom. The van der Waals surface area contributed by atoms with Gasteiger partial charge in [-0.05, 0) is 84.0 Å². The minimum Gasteiger partial charge on any atom is -0.512 e. The molecule has 0 aliphatic carbocycles. The van der Waals surface area contributed by atoms with Crippen LogP contribution >= 0.6 is 11.3 Å². The maximum absolute atomic E-state index is 12.2. The SMILES string of the molecule is CC(C)Cc1cc(-c2cc(-c3[c-]c4ccccc4c(C(C)(C)C)c3)ncn2)cc2sccc12.CCC(C)(CC)C(=O)/C=C(\O)C(C)(CC)CC.[Ir]. The van der Waals surface area contributed by atoms with E-state index in [0.717, 1.165) is 60.0 Å². The van der Waals surface area contributed by atoms with Gasteiger partial charge in [0.1, 0.15) is 12.1 Å². The molecular weight excluding hydrogens is 825 g/mol. The molecule has 5 rings (SSSR count). The van der Waals surface area contributed by atoms with Crippen LogP contribution in [0.4, 0.5) is 0 Å². The molecule has 1 N–H and O–H groups in total. The Hall–Kier alpha value is -3.18. The van der Waals surface area contributed by atoms with Crippen molar-refractivity contribution in [1.29, 1.82) is 0 Å². The fourth-order valence-corrected chi connectivity index (χ4v) is 7.11. The molecule has 3 aromatic carbocycles. The van der Waals surface area contributed by atoms with Crippen LogP contribution < -0.4 is 0 Å². The Kier molecular flexibility index (Phi) is 14.5. The van der Waals surface area contributed by atoms with E-state index in [0.29, 0.717) is 5.92 Å². The Morgan fingerprint density at radius 1 is 0.843 bits per heavy atom. The number of carbonyl (C=O) groups excluding carboxylic acids is 1. The number of rotatable bonds is 11. The molecule has 0 unspecified atom stereocenters. The van der Waals surface area contributed by atoms with E-state index in [1.54, 1.807) is 17.7 Å². The third-order valence-electron chi connectivity index (χ3n) is 10.7. The molecule has 51 heavy (non-hydrogen) atoms. The minimum atomic E-state index is -0.337. The molecule has 0 fully saturated rings. The van der Waals surface area contributed by atoms with Crippen molar-refractivity contribution < 1.29 is 30.0 Å². The summed E-state index contributed by atoms with van der Waals surface area (Å²) in [5.74, 6) is 0.890. The summed E-state index contributed by atoms with van der Waals surface area (Å²) in [5.41, 5.74) is 6.16. The van der Waals surface area contributed by atoms with Gasteiger partial charge in [-0.15, -0.1) is 40.5 Å². The van der Waals surface area contributed by atoms with E-state index >= 15 is 0 Å². The third-order valence-corrected chi connectivity index (χ3v) is 11.6. The standard InChI is InChI=1S/C30H29N2S.C15H28O2.Ir/c1-19(2)12-21-14-23(16-29-25(21)10-11-33-29)28-17-27(31-18-32-28)22-13-20-8-6-7-9-24(20)26(15-22)30(3,4)5;1-7-14(5,8-2)12(16)11-13(17)15(6,9-3)10-4;/h6-11,14-19H,12H2,1-5H3;11,16H,7-10H2,1-6H3;/q-1;;/b;12-11-;. The van der Waals surface area contributed by atoms with Crippen LogP contribution in [0.15, 0.2) is 78.1 Å². The van der Waals surface area contributed by atoms with Gasteiger partial charge in [0.05, 0.1) is 5.69 Å². The average molecular weight is 882 g/mol. The maximum Gasteiger partial charge on any atom is 0.164 e. The zero-order valence-corrected chi connectivity index (χ0v) is 35.7. The first-order valence-corrected chi connectivity index (χ1v) is 19.2. The number of hydrogen-bond donors (Lipinski definition) is 1. The number of benzene rings is 3.